The largest absolute Gasteiger partial charge is 0.352 e. The van der Waals surface area contributed by atoms with Gasteiger partial charge >= 0.3 is 0 Å². The zero-order chi connectivity index (χ0) is 9.97. The third kappa shape index (κ3) is 2.71. The smallest absolute Gasteiger partial charge is 0.220 e. The maximum Gasteiger partial charge on any atom is 0.220 e. The first-order valence-corrected chi connectivity index (χ1v) is 5.76. The fourth-order valence-corrected chi connectivity index (χ4v) is 2.15. The Hall–Kier alpha value is -0.570. The molecule has 0 spiro atoms. The van der Waals surface area contributed by atoms with Crippen LogP contribution in [0.25, 0.3) is 0 Å². The quantitative estimate of drug-likeness (QED) is 0.686. The molecule has 1 saturated carbocycles. The average molecular weight is 196 g/mol. The molecule has 3 nitrogen and oxygen atoms in total. The van der Waals surface area contributed by atoms with Gasteiger partial charge in [0.25, 0.3) is 0 Å². The van der Waals surface area contributed by atoms with Crippen LogP contribution in [0.5, 0.6) is 0 Å². The monoisotopic (exact) mass is 196 g/mol. The number of carbonyl (C=O) groups excluding carboxylic acids is 1. The highest BCUT2D eigenvalue weighted by atomic mass is 16.1. The van der Waals surface area contributed by atoms with E-state index in [9.17, 15) is 4.79 Å². The van der Waals surface area contributed by atoms with Crippen LogP contribution in [0.4, 0.5) is 0 Å². The number of carbonyl (C=O) groups is 1. The Kier molecular flexibility index (Phi) is 3.06. The molecule has 1 aliphatic heterocycles. The normalized spacial score (nSPS) is 28.9. The second kappa shape index (κ2) is 4.30. The third-order valence-electron chi connectivity index (χ3n) is 3.37. The van der Waals surface area contributed by atoms with Gasteiger partial charge in [-0.05, 0) is 37.6 Å². The molecule has 2 unspecified atom stereocenters. The predicted octanol–water partition coefficient (Wildman–Crippen LogP) is 0.901. The van der Waals surface area contributed by atoms with Crippen molar-refractivity contribution >= 4 is 5.91 Å². The Bertz CT molecular complexity index is 213. The Balaban J connectivity index is 1.56. The van der Waals surface area contributed by atoms with Crippen LogP contribution in [0, 0.1) is 11.8 Å². The summed E-state index contributed by atoms with van der Waals surface area (Å²) in [4.78, 5) is 10.9. The number of rotatable bonds is 5. The van der Waals surface area contributed by atoms with E-state index in [4.69, 9.17) is 0 Å². The van der Waals surface area contributed by atoms with Gasteiger partial charge in [-0.1, -0.05) is 6.92 Å². The van der Waals surface area contributed by atoms with E-state index in [0.717, 1.165) is 31.3 Å². The molecule has 2 aliphatic rings. The van der Waals surface area contributed by atoms with Gasteiger partial charge in [0.1, 0.15) is 0 Å². The highest BCUT2D eigenvalue weighted by molar-refractivity contribution is 5.78. The Morgan fingerprint density at radius 1 is 1.50 bits per heavy atom. The summed E-state index contributed by atoms with van der Waals surface area (Å²) in [6, 6.07) is 0.383. The van der Waals surface area contributed by atoms with Crippen LogP contribution in [0.2, 0.25) is 0 Å². The van der Waals surface area contributed by atoms with E-state index in [0.29, 0.717) is 12.5 Å². The van der Waals surface area contributed by atoms with E-state index in [1.165, 1.54) is 12.8 Å². The van der Waals surface area contributed by atoms with Crippen molar-refractivity contribution in [1.82, 2.24) is 10.6 Å². The van der Waals surface area contributed by atoms with Gasteiger partial charge in [0, 0.05) is 19.0 Å². The van der Waals surface area contributed by atoms with Gasteiger partial charge in [0.15, 0.2) is 0 Å². The minimum atomic E-state index is 0.215. The summed E-state index contributed by atoms with van der Waals surface area (Å²) in [6.07, 6.45) is 4.56. The predicted molar refractivity (Wildman–Crippen MR) is 55.9 cm³/mol. The second-order valence-corrected chi connectivity index (χ2v) is 4.78. The fraction of sp³-hybridized carbons (Fsp3) is 0.909. The number of hydrogen-bond acceptors (Lipinski definition) is 2. The molecular formula is C11H20N2O. The molecular weight excluding hydrogens is 176 g/mol. The molecule has 14 heavy (non-hydrogen) atoms. The summed E-state index contributed by atoms with van der Waals surface area (Å²) < 4.78 is 0. The minimum absolute atomic E-state index is 0.215. The van der Waals surface area contributed by atoms with Gasteiger partial charge in [-0.15, -0.1) is 0 Å². The van der Waals surface area contributed by atoms with Gasteiger partial charge in [-0.25, -0.2) is 0 Å². The van der Waals surface area contributed by atoms with Crippen LogP contribution in [-0.4, -0.2) is 25.0 Å². The zero-order valence-corrected chi connectivity index (χ0v) is 8.88. The Morgan fingerprint density at radius 3 is 2.86 bits per heavy atom. The van der Waals surface area contributed by atoms with Crippen molar-refractivity contribution in [1.29, 1.82) is 0 Å². The first-order chi connectivity index (χ1) is 6.75. The van der Waals surface area contributed by atoms with Gasteiger partial charge in [-0.3, -0.25) is 4.79 Å². The van der Waals surface area contributed by atoms with E-state index in [2.05, 4.69) is 17.6 Å². The van der Waals surface area contributed by atoms with Crippen LogP contribution in [0.3, 0.4) is 0 Å². The third-order valence-corrected chi connectivity index (χ3v) is 3.37. The molecule has 2 rings (SSSR count). The van der Waals surface area contributed by atoms with Gasteiger partial charge in [-0.2, -0.15) is 0 Å². The average Bonchev–Trinajstić information content (AvgIpc) is 2.92. The van der Waals surface area contributed by atoms with Crippen molar-refractivity contribution in [2.45, 2.75) is 38.6 Å². The zero-order valence-electron chi connectivity index (χ0n) is 8.88. The molecule has 0 aromatic heterocycles. The highest BCUT2D eigenvalue weighted by Gasteiger charge is 2.27. The van der Waals surface area contributed by atoms with Crippen molar-refractivity contribution in [3.8, 4) is 0 Å². The summed E-state index contributed by atoms with van der Waals surface area (Å²) >= 11 is 0. The number of hydrogen-bond donors (Lipinski definition) is 2. The minimum Gasteiger partial charge on any atom is -0.352 e. The molecule has 0 bridgehead atoms. The molecule has 3 heteroatoms. The van der Waals surface area contributed by atoms with E-state index in [1.54, 1.807) is 0 Å². The molecule has 1 saturated heterocycles. The lowest BCUT2D eigenvalue weighted by molar-refractivity contribution is -0.119. The Morgan fingerprint density at radius 2 is 2.29 bits per heavy atom. The molecule has 1 aliphatic carbocycles. The lowest BCUT2D eigenvalue weighted by atomic mass is 10.1. The molecule has 80 valence electrons. The van der Waals surface area contributed by atoms with Crippen molar-refractivity contribution in [2.24, 2.45) is 11.8 Å². The van der Waals surface area contributed by atoms with Crippen molar-refractivity contribution in [3.05, 3.63) is 0 Å². The van der Waals surface area contributed by atoms with Gasteiger partial charge in [0.2, 0.25) is 5.91 Å². The summed E-state index contributed by atoms with van der Waals surface area (Å²) in [5.41, 5.74) is 0. The SMILES string of the molecule is CC(CNCC1CCC(=O)N1)C1CC1. The van der Waals surface area contributed by atoms with Crippen LogP contribution in [0.15, 0.2) is 0 Å². The van der Waals surface area contributed by atoms with E-state index in [1.807, 2.05) is 0 Å². The van der Waals surface area contributed by atoms with Crippen LogP contribution >= 0.6 is 0 Å². The molecule has 1 heterocycles. The first-order valence-electron chi connectivity index (χ1n) is 5.76. The molecule has 0 aromatic carbocycles. The van der Waals surface area contributed by atoms with Gasteiger partial charge in [0.05, 0.1) is 0 Å². The van der Waals surface area contributed by atoms with Crippen LogP contribution in [0.1, 0.15) is 32.6 Å². The van der Waals surface area contributed by atoms with Crippen molar-refractivity contribution in [2.75, 3.05) is 13.1 Å². The Labute approximate surface area is 85.6 Å². The fourth-order valence-electron chi connectivity index (χ4n) is 2.15. The van der Waals surface area contributed by atoms with E-state index in [-0.39, 0.29) is 5.91 Å². The maximum atomic E-state index is 10.9. The number of nitrogens with one attached hydrogen (secondary N) is 2. The van der Waals surface area contributed by atoms with Gasteiger partial charge < -0.3 is 10.6 Å². The number of amides is 1. The van der Waals surface area contributed by atoms with Crippen LogP contribution < -0.4 is 10.6 Å². The summed E-state index contributed by atoms with van der Waals surface area (Å²) in [5, 5.41) is 6.43. The summed E-state index contributed by atoms with van der Waals surface area (Å²) in [6.45, 7) is 4.37. The maximum absolute atomic E-state index is 10.9. The highest BCUT2D eigenvalue weighted by Crippen LogP contribution is 2.35. The molecule has 0 radical (unpaired) electrons. The van der Waals surface area contributed by atoms with Crippen LogP contribution in [-0.2, 0) is 4.79 Å². The first kappa shape index (κ1) is 9.97. The molecule has 2 N–H and O–H groups in total. The van der Waals surface area contributed by atoms with Crippen molar-refractivity contribution < 1.29 is 4.79 Å². The standard InChI is InChI=1S/C11H20N2O/c1-8(9-2-3-9)6-12-7-10-4-5-11(14)13-10/h8-10,12H,2-7H2,1H3,(H,13,14). The summed E-state index contributed by atoms with van der Waals surface area (Å²) in [5.74, 6) is 2.00. The van der Waals surface area contributed by atoms with E-state index < -0.39 is 0 Å². The lowest BCUT2D eigenvalue weighted by Crippen LogP contribution is -2.37. The molecule has 0 aromatic rings. The van der Waals surface area contributed by atoms with E-state index >= 15 is 0 Å². The molecule has 2 fully saturated rings. The lowest BCUT2D eigenvalue weighted by Gasteiger charge is -2.14. The topological polar surface area (TPSA) is 41.1 Å². The van der Waals surface area contributed by atoms with Crippen molar-refractivity contribution in [3.63, 3.8) is 0 Å². The molecule has 1 amide bonds. The molecule has 2 atom stereocenters. The second-order valence-electron chi connectivity index (χ2n) is 4.78. The summed E-state index contributed by atoms with van der Waals surface area (Å²) in [7, 11) is 0.